The topological polar surface area (TPSA) is 93.7 Å². The van der Waals surface area contributed by atoms with Crippen LogP contribution >= 0.6 is 0 Å². The maximum Gasteiger partial charge on any atom is 0.272 e. The van der Waals surface area contributed by atoms with Crippen LogP contribution in [-0.2, 0) is 0 Å². The summed E-state index contributed by atoms with van der Waals surface area (Å²) >= 11 is 0. The maximum absolute atomic E-state index is 13.5. The number of nitrogens with one attached hydrogen (secondary N) is 2. The Morgan fingerprint density at radius 3 is 2.81 bits per heavy atom. The van der Waals surface area contributed by atoms with E-state index in [4.69, 9.17) is 4.74 Å². The first-order chi connectivity index (χ1) is 15.0. The van der Waals surface area contributed by atoms with Gasteiger partial charge in [-0.2, -0.15) is 5.10 Å². The average Bonchev–Trinajstić information content (AvgIpc) is 3.21. The second-order valence-electron chi connectivity index (χ2n) is 7.59. The molecule has 1 fully saturated rings. The first kappa shape index (κ1) is 21.1. The maximum atomic E-state index is 13.5. The summed E-state index contributed by atoms with van der Waals surface area (Å²) in [5, 5.41) is 20.2. The zero-order valence-electron chi connectivity index (χ0n) is 17.3. The van der Waals surface area contributed by atoms with E-state index < -0.39 is 17.8 Å². The van der Waals surface area contributed by atoms with Gasteiger partial charge in [-0.25, -0.2) is 4.39 Å². The molecule has 1 aliphatic heterocycles. The number of para-hydroxylation sites is 2. The number of carbonyl (C=O) groups is 1. The van der Waals surface area contributed by atoms with Gasteiger partial charge in [0.15, 0.2) is 5.69 Å². The summed E-state index contributed by atoms with van der Waals surface area (Å²) in [7, 11) is 1.67. The fraction of sp³-hybridized carbons (Fsp3) is 0.364. The number of aromatic nitrogens is 2. The number of carbonyl (C=O) groups excluding carboxylic acids is 1. The summed E-state index contributed by atoms with van der Waals surface area (Å²) in [6.07, 6.45) is -0.719. The number of hydrogen-bond acceptors (Lipinski definition) is 6. The quantitative estimate of drug-likeness (QED) is 0.531. The Labute approximate surface area is 179 Å². The lowest BCUT2D eigenvalue weighted by molar-refractivity contribution is 0.0849. The molecule has 4 rings (SSSR count). The number of amides is 1. The predicted molar refractivity (Wildman–Crippen MR) is 116 cm³/mol. The van der Waals surface area contributed by atoms with E-state index in [1.165, 1.54) is 18.2 Å². The van der Waals surface area contributed by atoms with Gasteiger partial charge in [-0.3, -0.25) is 14.8 Å². The second-order valence-corrected chi connectivity index (χ2v) is 7.59. The van der Waals surface area contributed by atoms with Crippen molar-refractivity contribution in [2.75, 3.05) is 51.3 Å². The van der Waals surface area contributed by atoms with Crippen LogP contribution in [0.5, 0.6) is 5.75 Å². The number of β-amino-alcohol motifs (C(OH)–C–C–N with tert-alkyl or cyclic N) is 1. The highest BCUT2D eigenvalue weighted by Gasteiger charge is 2.22. The van der Waals surface area contributed by atoms with Crippen LogP contribution in [0.1, 0.15) is 10.5 Å². The van der Waals surface area contributed by atoms with Crippen molar-refractivity contribution in [2.45, 2.75) is 6.10 Å². The molecular formula is C22H26FN5O3. The lowest BCUT2D eigenvalue weighted by Crippen LogP contribution is -2.50. The normalized spacial score (nSPS) is 15.8. The Bertz CT molecular complexity index is 1050. The number of nitrogens with zero attached hydrogens (tertiary/aromatic N) is 3. The van der Waals surface area contributed by atoms with E-state index >= 15 is 0 Å². The number of piperazine rings is 1. The van der Waals surface area contributed by atoms with Crippen molar-refractivity contribution in [3.63, 3.8) is 0 Å². The van der Waals surface area contributed by atoms with Crippen LogP contribution in [0, 0.1) is 5.82 Å². The van der Waals surface area contributed by atoms with Crippen molar-refractivity contribution in [1.29, 1.82) is 0 Å². The molecule has 2 heterocycles. The number of hydrogen-bond donors (Lipinski definition) is 3. The van der Waals surface area contributed by atoms with E-state index in [1.807, 2.05) is 24.3 Å². The van der Waals surface area contributed by atoms with Gasteiger partial charge in [0.1, 0.15) is 11.6 Å². The molecule has 0 aliphatic carbocycles. The smallest absolute Gasteiger partial charge is 0.272 e. The minimum Gasteiger partial charge on any atom is -0.495 e. The molecule has 2 aromatic carbocycles. The molecule has 31 heavy (non-hydrogen) atoms. The molecule has 1 atom stereocenters. The monoisotopic (exact) mass is 427 g/mol. The van der Waals surface area contributed by atoms with Crippen LogP contribution in [0.15, 0.2) is 42.5 Å². The van der Waals surface area contributed by atoms with Crippen molar-refractivity contribution in [1.82, 2.24) is 20.4 Å². The van der Waals surface area contributed by atoms with Crippen molar-refractivity contribution < 1.29 is 19.0 Å². The van der Waals surface area contributed by atoms with Crippen LogP contribution in [0.4, 0.5) is 10.1 Å². The Morgan fingerprint density at radius 2 is 2.03 bits per heavy atom. The van der Waals surface area contributed by atoms with Gasteiger partial charge in [-0.15, -0.1) is 0 Å². The van der Waals surface area contributed by atoms with Crippen molar-refractivity contribution in [3.8, 4) is 5.75 Å². The average molecular weight is 427 g/mol. The molecule has 1 aromatic heterocycles. The summed E-state index contributed by atoms with van der Waals surface area (Å²) in [6.45, 7) is 3.79. The SMILES string of the molecule is COc1ccccc1N1CCN(CC(O)CNC(=O)c2n[nH]c3ccc(F)cc23)CC1. The molecule has 9 heteroatoms. The Kier molecular flexibility index (Phi) is 6.34. The van der Waals surface area contributed by atoms with Gasteiger partial charge in [0.25, 0.3) is 5.91 Å². The number of aliphatic hydroxyl groups is 1. The van der Waals surface area contributed by atoms with E-state index in [0.29, 0.717) is 17.4 Å². The highest BCUT2D eigenvalue weighted by atomic mass is 19.1. The van der Waals surface area contributed by atoms with Crippen molar-refractivity contribution >= 4 is 22.5 Å². The van der Waals surface area contributed by atoms with Gasteiger partial charge >= 0.3 is 0 Å². The van der Waals surface area contributed by atoms with Crippen LogP contribution < -0.4 is 15.0 Å². The number of H-pyrrole nitrogens is 1. The zero-order valence-corrected chi connectivity index (χ0v) is 17.3. The van der Waals surface area contributed by atoms with Gasteiger partial charge in [0, 0.05) is 44.7 Å². The molecule has 0 radical (unpaired) electrons. The third-order valence-electron chi connectivity index (χ3n) is 5.51. The molecule has 3 aromatic rings. The van der Waals surface area contributed by atoms with Crippen molar-refractivity contribution in [2.24, 2.45) is 0 Å². The lowest BCUT2D eigenvalue weighted by atomic mass is 10.2. The molecular weight excluding hydrogens is 401 g/mol. The van der Waals surface area contributed by atoms with Gasteiger partial charge in [0.2, 0.25) is 0 Å². The van der Waals surface area contributed by atoms with Gasteiger partial charge in [-0.1, -0.05) is 12.1 Å². The number of methoxy groups -OCH3 is 1. The number of aliphatic hydroxyl groups excluding tert-OH is 1. The van der Waals surface area contributed by atoms with Crippen LogP contribution in [0.2, 0.25) is 0 Å². The number of benzene rings is 2. The fourth-order valence-electron chi connectivity index (χ4n) is 3.88. The number of aromatic amines is 1. The molecule has 0 bridgehead atoms. The molecule has 0 spiro atoms. The van der Waals surface area contributed by atoms with Gasteiger partial charge in [-0.05, 0) is 30.3 Å². The van der Waals surface area contributed by atoms with E-state index in [-0.39, 0.29) is 12.2 Å². The highest BCUT2D eigenvalue weighted by molar-refractivity contribution is 6.04. The van der Waals surface area contributed by atoms with Crippen LogP contribution in [-0.4, -0.2) is 78.6 Å². The number of ether oxygens (including phenoxy) is 1. The summed E-state index contributed by atoms with van der Waals surface area (Å²) < 4.78 is 18.9. The van der Waals surface area contributed by atoms with E-state index in [2.05, 4.69) is 25.3 Å². The molecule has 1 unspecified atom stereocenters. The zero-order chi connectivity index (χ0) is 21.8. The van der Waals surface area contributed by atoms with Crippen molar-refractivity contribution in [3.05, 3.63) is 54.0 Å². The Morgan fingerprint density at radius 1 is 1.26 bits per heavy atom. The largest absolute Gasteiger partial charge is 0.495 e. The van der Waals surface area contributed by atoms with E-state index in [0.717, 1.165) is 37.6 Å². The summed E-state index contributed by atoms with van der Waals surface area (Å²) in [6, 6.07) is 12.0. The summed E-state index contributed by atoms with van der Waals surface area (Å²) in [5.41, 5.74) is 1.77. The lowest BCUT2D eigenvalue weighted by Gasteiger charge is -2.37. The number of rotatable bonds is 7. The van der Waals surface area contributed by atoms with Crippen LogP contribution in [0.25, 0.3) is 10.9 Å². The molecule has 1 aliphatic rings. The standard InChI is InChI=1S/C22H26FN5O3/c1-31-20-5-3-2-4-19(20)28-10-8-27(9-11-28)14-16(29)13-24-22(30)21-17-12-15(23)6-7-18(17)25-26-21/h2-7,12,16,29H,8-11,13-14H2,1H3,(H,24,30)(H,25,26). The second kappa shape index (κ2) is 9.32. The minimum atomic E-state index is -0.719. The van der Waals surface area contributed by atoms with Gasteiger partial charge < -0.3 is 20.1 Å². The first-order valence-corrected chi connectivity index (χ1v) is 10.3. The number of halogens is 1. The van der Waals surface area contributed by atoms with E-state index in [1.54, 1.807) is 7.11 Å². The molecule has 8 nitrogen and oxygen atoms in total. The molecule has 0 saturated carbocycles. The highest BCUT2D eigenvalue weighted by Crippen LogP contribution is 2.28. The Balaban J connectivity index is 1.26. The molecule has 3 N–H and O–H groups in total. The predicted octanol–water partition coefficient (Wildman–Crippen LogP) is 1.62. The summed E-state index contributed by atoms with van der Waals surface area (Å²) in [4.78, 5) is 16.9. The molecule has 164 valence electrons. The fourth-order valence-corrected chi connectivity index (χ4v) is 3.88. The number of fused-ring (bicyclic) bond motifs is 1. The van der Waals surface area contributed by atoms with Gasteiger partial charge in [0.05, 0.1) is 24.4 Å². The summed E-state index contributed by atoms with van der Waals surface area (Å²) in [5.74, 6) is -0.0309. The third-order valence-corrected chi connectivity index (χ3v) is 5.51. The molecule has 1 amide bonds. The molecule has 1 saturated heterocycles. The van der Waals surface area contributed by atoms with Crippen LogP contribution in [0.3, 0.4) is 0 Å². The first-order valence-electron chi connectivity index (χ1n) is 10.3. The Hall–Kier alpha value is -3.17. The van der Waals surface area contributed by atoms with E-state index in [9.17, 15) is 14.3 Å². The third kappa shape index (κ3) is 4.78. The minimum absolute atomic E-state index is 0.0925. The number of anilines is 1.